The molecule has 128 valence electrons. The van der Waals surface area contributed by atoms with Gasteiger partial charge in [0.1, 0.15) is 5.60 Å². The number of nitrogens with zero attached hydrogens (tertiary/aromatic N) is 1. The molecule has 0 aromatic heterocycles. The van der Waals surface area contributed by atoms with Crippen LogP contribution in [0.15, 0.2) is 24.3 Å². The predicted octanol–water partition coefficient (Wildman–Crippen LogP) is 3.73. The molecule has 1 aromatic rings. The summed E-state index contributed by atoms with van der Waals surface area (Å²) in [6.45, 7) is 11.6. The molecule has 1 amide bonds. The number of piperidine rings is 1. The van der Waals surface area contributed by atoms with Crippen molar-refractivity contribution >= 4 is 6.09 Å². The van der Waals surface area contributed by atoms with Crippen LogP contribution in [-0.2, 0) is 11.3 Å². The molecule has 1 heterocycles. The molecule has 0 spiro atoms. The van der Waals surface area contributed by atoms with E-state index < -0.39 is 5.60 Å². The summed E-state index contributed by atoms with van der Waals surface area (Å²) in [6.07, 6.45) is 2.04. The number of hydrogen-bond acceptors (Lipinski definition) is 3. The fourth-order valence-electron chi connectivity index (χ4n) is 3.07. The number of ether oxygens (including phenoxy) is 1. The topological polar surface area (TPSA) is 41.6 Å². The van der Waals surface area contributed by atoms with Crippen LogP contribution in [0.5, 0.6) is 0 Å². The molecule has 1 N–H and O–H groups in total. The van der Waals surface area contributed by atoms with E-state index in [9.17, 15) is 4.79 Å². The van der Waals surface area contributed by atoms with Gasteiger partial charge >= 0.3 is 6.09 Å². The van der Waals surface area contributed by atoms with Gasteiger partial charge in [-0.1, -0.05) is 29.8 Å². The fraction of sp³-hybridized carbons (Fsp3) is 0.632. The molecule has 1 unspecified atom stereocenters. The number of hydrogen-bond donors (Lipinski definition) is 1. The number of amides is 1. The summed E-state index contributed by atoms with van der Waals surface area (Å²) < 4.78 is 5.30. The van der Waals surface area contributed by atoms with Crippen LogP contribution in [0.25, 0.3) is 0 Å². The van der Waals surface area contributed by atoms with Gasteiger partial charge in [-0.25, -0.2) is 4.79 Å². The molecule has 1 fully saturated rings. The second-order valence-electron chi connectivity index (χ2n) is 7.62. The molecular formula is C19H30N2O2. The summed E-state index contributed by atoms with van der Waals surface area (Å²) in [5.41, 5.74) is 2.24. The Balaban J connectivity index is 1.78. The molecule has 0 bridgehead atoms. The van der Waals surface area contributed by atoms with Gasteiger partial charge < -0.3 is 10.1 Å². The zero-order valence-corrected chi connectivity index (χ0v) is 14.9. The minimum absolute atomic E-state index is 0.312. The van der Waals surface area contributed by atoms with Gasteiger partial charge in [0.25, 0.3) is 0 Å². The van der Waals surface area contributed by atoms with Gasteiger partial charge in [-0.15, -0.1) is 0 Å². The van der Waals surface area contributed by atoms with E-state index in [0.29, 0.717) is 12.5 Å². The average Bonchev–Trinajstić information content (AvgIpc) is 2.44. The molecular weight excluding hydrogens is 288 g/mol. The number of aryl methyl sites for hydroxylation is 1. The van der Waals surface area contributed by atoms with E-state index in [1.807, 2.05) is 20.8 Å². The van der Waals surface area contributed by atoms with Crippen molar-refractivity contribution in [3.63, 3.8) is 0 Å². The van der Waals surface area contributed by atoms with Crippen LogP contribution in [0.1, 0.15) is 44.7 Å². The Labute approximate surface area is 140 Å². The van der Waals surface area contributed by atoms with Crippen molar-refractivity contribution < 1.29 is 9.53 Å². The summed E-state index contributed by atoms with van der Waals surface area (Å²) in [5, 5.41) is 2.91. The number of nitrogens with one attached hydrogen (secondary N) is 1. The van der Waals surface area contributed by atoms with E-state index in [2.05, 4.69) is 41.4 Å². The third kappa shape index (κ3) is 6.61. The van der Waals surface area contributed by atoms with Crippen molar-refractivity contribution in [2.45, 2.75) is 52.7 Å². The van der Waals surface area contributed by atoms with Gasteiger partial charge in [0.05, 0.1) is 0 Å². The van der Waals surface area contributed by atoms with Crippen LogP contribution in [-0.4, -0.2) is 36.2 Å². The molecule has 1 aliphatic rings. The average molecular weight is 318 g/mol. The normalized spacial score (nSPS) is 19.4. The second kappa shape index (κ2) is 7.82. The lowest BCUT2D eigenvalue weighted by atomic mass is 9.97. The molecule has 0 aliphatic carbocycles. The summed E-state index contributed by atoms with van der Waals surface area (Å²) >= 11 is 0. The first-order chi connectivity index (χ1) is 10.8. The van der Waals surface area contributed by atoms with Crippen LogP contribution in [0.2, 0.25) is 0 Å². The Hall–Kier alpha value is -1.55. The number of carbonyl (C=O) groups excluding carboxylic acids is 1. The number of alkyl carbamates (subject to hydrolysis) is 1. The zero-order valence-electron chi connectivity index (χ0n) is 14.9. The predicted molar refractivity (Wildman–Crippen MR) is 93.4 cm³/mol. The van der Waals surface area contributed by atoms with E-state index in [1.165, 1.54) is 24.0 Å². The van der Waals surface area contributed by atoms with Crippen molar-refractivity contribution in [1.29, 1.82) is 0 Å². The van der Waals surface area contributed by atoms with Crippen molar-refractivity contribution in [3.8, 4) is 0 Å². The molecule has 0 radical (unpaired) electrons. The Morgan fingerprint density at radius 3 is 2.87 bits per heavy atom. The van der Waals surface area contributed by atoms with E-state index in [4.69, 9.17) is 4.74 Å². The maximum atomic E-state index is 11.8. The standard InChI is InChI=1S/C19H30N2O2/c1-15-7-5-8-16(11-15)13-21-10-6-9-17(14-21)12-20-18(22)23-19(2,3)4/h5,7-8,11,17H,6,9-10,12-14H2,1-4H3,(H,20,22). The summed E-state index contributed by atoms with van der Waals surface area (Å²) in [6, 6.07) is 8.70. The van der Waals surface area contributed by atoms with Crippen molar-refractivity contribution in [3.05, 3.63) is 35.4 Å². The number of likely N-dealkylation sites (tertiary alicyclic amines) is 1. The summed E-state index contributed by atoms with van der Waals surface area (Å²) in [4.78, 5) is 14.3. The highest BCUT2D eigenvalue weighted by atomic mass is 16.6. The third-order valence-corrected chi connectivity index (χ3v) is 4.03. The van der Waals surface area contributed by atoms with Gasteiger partial charge in [-0.2, -0.15) is 0 Å². The van der Waals surface area contributed by atoms with Crippen molar-refractivity contribution in [1.82, 2.24) is 10.2 Å². The highest BCUT2D eigenvalue weighted by molar-refractivity contribution is 5.67. The number of benzene rings is 1. The van der Waals surface area contributed by atoms with Crippen LogP contribution in [0, 0.1) is 12.8 Å². The first kappa shape index (κ1) is 17.8. The van der Waals surface area contributed by atoms with E-state index in [0.717, 1.165) is 19.6 Å². The Morgan fingerprint density at radius 2 is 2.17 bits per heavy atom. The van der Waals surface area contributed by atoms with Crippen LogP contribution in [0.4, 0.5) is 4.79 Å². The lowest BCUT2D eigenvalue weighted by Crippen LogP contribution is -2.41. The Bertz CT molecular complexity index is 522. The molecule has 0 saturated carbocycles. The van der Waals surface area contributed by atoms with Crippen LogP contribution < -0.4 is 5.32 Å². The quantitative estimate of drug-likeness (QED) is 0.919. The molecule has 1 aromatic carbocycles. The van der Waals surface area contributed by atoms with Gasteiger partial charge in [-0.05, 0) is 58.6 Å². The van der Waals surface area contributed by atoms with Gasteiger partial charge in [0, 0.05) is 19.6 Å². The monoisotopic (exact) mass is 318 g/mol. The molecule has 4 nitrogen and oxygen atoms in total. The molecule has 1 saturated heterocycles. The highest BCUT2D eigenvalue weighted by Gasteiger charge is 2.22. The smallest absolute Gasteiger partial charge is 0.407 e. The molecule has 2 rings (SSSR count). The number of rotatable bonds is 4. The Morgan fingerprint density at radius 1 is 1.39 bits per heavy atom. The zero-order chi connectivity index (χ0) is 16.9. The largest absolute Gasteiger partial charge is 0.444 e. The minimum atomic E-state index is -0.437. The maximum Gasteiger partial charge on any atom is 0.407 e. The molecule has 4 heteroatoms. The van der Waals surface area contributed by atoms with Crippen molar-refractivity contribution in [2.24, 2.45) is 5.92 Å². The minimum Gasteiger partial charge on any atom is -0.444 e. The second-order valence-corrected chi connectivity index (χ2v) is 7.62. The molecule has 1 aliphatic heterocycles. The first-order valence-electron chi connectivity index (χ1n) is 8.56. The summed E-state index contributed by atoms with van der Waals surface area (Å²) in [7, 11) is 0. The summed E-state index contributed by atoms with van der Waals surface area (Å²) in [5.74, 6) is 0.501. The van der Waals surface area contributed by atoms with E-state index >= 15 is 0 Å². The van der Waals surface area contributed by atoms with E-state index in [-0.39, 0.29) is 6.09 Å². The molecule has 23 heavy (non-hydrogen) atoms. The third-order valence-electron chi connectivity index (χ3n) is 4.03. The fourth-order valence-corrected chi connectivity index (χ4v) is 3.07. The van der Waals surface area contributed by atoms with Gasteiger partial charge in [-0.3, -0.25) is 4.90 Å². The van der Waals surface area contributed by atoms with Gasteiger partial charge in [0.2, 0.25) is 0 Å². The van der Waals surface area contributed by atoms with E-state index in [1.54, 1.807) is 0 Å². The van der Waals surface area contributed by atoms with Crippen LogP contribution >= 0.6 is 0 Å². The first-order valence-corrected chi connectivity index (χ1v) is 8.56. The lowest BCUT2D eigenvalue weighted by molar-refractivity contribution is 0.0506. The molecule has 1 atom stereocenters. The lowest BCUT2D eigenvalue weighted by Gasteiger charge is -2.33. The van der Waals surface area contributed by atoms with Crippen LogP contribution in [0.3, 0.4) is 0 Å². The maximum absolute atomic E-state index is 11.8. The van der Waals surface area contributed by atoms with Crippen molar-refractivity contribution in [2.75, 3.05) is 19.6 Å². The van der Waals surface area contributed by atoms with Gasteiger partial charge in [0.15, 0.2) is 0 Å². The Kier molecular flexibility index (Phi) is 6.05. The number of carbonyl (C=O) groups is 1. The highest BCUT2D eigenvalue weighted by Crippen LogP contribution is 2.18. The SMILES string of the molecule is Cc1cccc(CN2CCCC(CNC(=O)OC(C)(C)C)C2)c1.